The number of imide groups is 1. The molecule has 43 heavy (non-hydrogen) atoms. The number of hydrogen-bond acceptors (Lipinski definition) is 7. The molecule has 2 aliphatic heterocycles. The normalized spacial score (nSPS) is 15.7. The molecule has 0 aliphatic carbocycles. The topological polar surface area (TPSA) is 126 Å². The SMILES string of the molecule is CCC(CCC(=O)NC(=O)c1nn(-c2ccc(OC)cc2)c2c1CCN(c1ccc(N3CCCCC3=O)cc1)C2=O)NC. The van der Waals surface area contributed by atoms with Gasteiger partial charge in [0.25, 0.3) is 11.8 Å². The Morgan fingerprint density at radius 2 is 1.60 bits per heavy atom. The Bertz CT molecular complexity index is 1490. The van der Waals surface area contributed by atoms with Crippen molar-refractivity contribution in [3.8, 4) is 11.4 Å². The maximum absolute atomic E-state index is 14.0. The van der Waals surface area contributed by atoms with Crippen LogP contribution in [-0.2, 0) is 16.0 Å². The van der Waals surface area contributed by atoms with E-state index < -0.39 is 5.91 Å². The summed E-state index contributed by atoms with van der Waals surface area (Å²) in [6.45, 7) is 3.05. The van der Waals surface area contributed by atoms with E-state index in [0.29, 0.717) is 55.0 Å². The summed E-state index contributed by atoms with van der Waals surface area (Å²) in [5.74, 6) is -0.569. The molecule has 11 heteroatoms. The van der Waals surface area contributed by atoms with Gasteiger partial charge in [-0.25, -0.2) is 4.68 Å². The zero-order valence-corrected chi connectivity index (χ0v) is 24.9. The molecule has 1 unspecified atom stereocenters. The Kier molecular flexibility index (Phi) is 9.20. The highest BCUT2D eigenvalue weighted by Gasteiger charge is 2.35. The fourth-order valence-electron chi connectivity index (χ4n) is 5.70. The second-order valence-electron chi connectivity index (χ2n) is 10.8. The van der Waals surface area contributed by atoms with Crippen molar-refractivity contribution in [3.05, 3.63) is 65.5 Å². The summed E-state index contributed by atoms with van der Waals surface area (Å²) in [6, 6.07) is 14.6. The summed E-state index contributed by atoms with van der Waals surface area (Å²) in [7, 11) is 3.41. The van der Waals surface area contributed by atoms with Gasteiger partial charge < -0.3 is 19.9 Å². The molecule has 1 aromatic heterocycles. The van der Waals surface area contributed by atoms with Crippen molar-refractivity contribution in [2.75, 3.05) is 37.0 Å². The lowest BCUT2D eigenvalue weighted by Gasteiger charge is -2.29. The molecule has 5 rings (SSSR count). The van der Waals surface area contributed by atoms with Crippen molar-refractivity contribution in [3.63, 3.8) is 0 Å². The van der Waals surface area contributed by atoms with Crippen LogP contribution in [0.1, 0.15) is 72.0 Å². The van der Waals surface area contributed by atoms with E-state index in [1.807, 2.05) is 38.2 Å². The summed E-state index contributed by atoms with van der Waals surface area (Å²) in [5.41, 5.74) is 2.90. The lowest BCUT2D eigenvalue weighted by Crippen LogP contribution is -2.39. The van der Waals surface area contributed by atoms with Gasteiger partial charge in [0.2, 0.25) is 11.8 Å². The number of fused-ring (bicyclic) bond motifs is 1. The number of nitrogens with zero attached hydrogens (tertiary/aromatic N) is 4. The van der Waals surface area contributed by atoms with Gasteiger partial charge in [-0.05, 0) is 87.7 Å². The van der Waals surface area contributed by atoms with Gasteiger partial charge in [0.05, 0.1) is 12.8 Å². The Balaban J connectivity index is 1.43. The summed E-state index contributed by atoms with van der Waals surface area (Å²) in [4.78, 5) is 55.8. The smallest absolute Gasteiger partial charge is 0.278 e. The lowest BCUT2D eigenvalue weighted by atomic mass is 10.0. The summed E-state index contributed by atoms with van der Waals surface area (Å²) >= 11 is 0. The molecule has 0 radical (unpaired) electrons. The molecular weight excluding hydrogens is 548 g/mol. The van der Waals surface area contributed by atoms with E-state index in [2.05, 4.69) is 15.7 Å². The van der Waals surface area contributed by atoms with Gasteiger partial charge in [-0.1, -0.05) is 6.92 Å². The Morgan fingerprint density at radius 3 is 2.23 bits per heavy atom. The van der Waals surface area contributed by atoms with Crippen LogP contribution in [0, 0.1) is 0 Å². The van der Waals surface area contributed by atoms with Gasteiger partial charge in [-0.2, -0.15) is 5.10 Å². The molecule has 1 fully saturated rings. The first kappa shape index (κ1) is 30.0. The standard InChI is InChI=1S/C32H38N6O5/c1-4-21(33-2)8-17-27(39)34-31(41)29-26-18-20-37(23-11-9-22(10-12-23)36-19-6-5-7-28(36)40)32(42)30(26)38(35-29)24-13-15-25(43-3)16-14-24/h9-16,21,33H,4-8,17-20H2,1-3H3,(H,34,39,41). The number of rotatable bonds is 10. The molecule has 2 N–H and O–H groups in total. The van der Waals surface area contributed by atoms with Crippen LogP contribution in [0.15, 0.2) is 48.5 Å². The van der Waals surface area contributed by atoms with Gasteiger partial charge >= 0.3 is 0 Å². The van der Waals surface area contributed by atoms with Gasteiger partial charge in [-0.15, -0.1) is 0 Å². The predicted molar refractivity (Wildman–Crippen MR) is 163 cm³/mol. The van der Waals surface area contributed by atoms with E-state index in [0.717, 1.165) is 24.9 Å². The van der Waals surface area contributed by atoms with E-state index >= 15 is 0 Å². The van der Waals surface area contributed by atoms with Crippen LogP contribution in [0.2, 0.25) is 0 Å². The van der Waals surface area contributed by atoms with Crippen LogP contribution in [0.25, 0.3) is 5.69 Å². The Hall–Kier alpha value is -4.51. The molecule has 3 heterocycles. The average Bonchev–Trinajstić information content (AvgIpc) is 3.43. The fourth-order valence-corrected chi connectivity index (χ4v) is 5.70. The van der Waals surface area contributed by atoms with Crippen molar-refractivity contribution in [1.29, 1.82) is 0 Å². The van der Waals surface area contributed by atoms with Crippen LogP contribution in [-0.4, -0.2) is 66.7 Å². The van der Waals surface area contributed by atoms with Gasteiger partial charge in [0.15, 0.2) is 5.69 Å². The Labute approximate surface area is 251 Å². The first-order valence-corrected chi connectivity index (χ1v) is 14.8. The number of carbonyl (C=O) groups excluding carboxylic acids is 4. The number of aromatic nitrogens is 2. The minimum absolute atomic E-state index is 0.0618. The summed E-state index contributed by atoms with van der Waals surface area (Å²) in [5, 5.41) is 10.2. The highest BCUT2D eigenvalue weighted by Crippen LogP contribution is 2.31. The molecule has 1 saturated heterocycles. The quantitative estimate of drug-likeness (QED) is 0.372. The first-order chi connectivity index (χ1) is 20.8. The number of benzene rings is 2. The van der Waals surface area contributed by atoms with Crippen LogP contribution < -0.4 is 25.2 Å². The number of ether oxygens (including phenoxy) is 1. The van der Waals surface area contributed by atoms with Crippen LogP contribution in [0.3, 0.4) is 0 Å². The minimum Gasteiger partial charge on any atom is -0.497 e. The number of nitrogens with one attached hydrogen (secondary N) is 2. The van der Waals surface area contributed by atoms with E-state index in [1.165, 1.54) is 4.68 Å². The van der Waals surface area contributed by atoms with Crippen molar-refractivity contribution in [2.24, 2.45) is 0 Å². The maximum Gasteiger partial charge on any atom is 0.278 e. The van der Waals surface area contributed by atoms with Crippen molar-refractivity contribution < 1.29 is 23.9 Å². The molecule has 3 aromatic rings. The van der Waals surface area contributed by atoms with Gasteiger partial charge in [0, 0.05) is 48.9 Å². The second kappa shape index (κ2) is 13.2. The number of methoxy groups -OCH3 is 1. The zero-order valence-electron chi connectivity index (χ0n) is 24.9. The monoisotopic (exact) mass is 586 g/mol. The molecule has 0 bridgehead atoms. The van der Waals surface area contributed by atoms with Crippen molar-refractivity contribution in [1.82, 2.24) is 20.4 Å². The number of amides is 4. The highest BCUT2D eigenvalue weighted by molar-refractivity contribution is 6.11. The zero-order chi connectivity index (χ0) is 30.5. The van der Waals surface area contributed by atoms with Crippen LogP contribution in [0.4, 0.5) is 11.4 Å². The largest absolute Gasteiger partial charge is 0.497 e. The molecule has 1 atom stereocenters. The summed E-state index contributed by atoms with van der Waals surface area (Å²) in [6.07, 6.45) is 4.45. The lowest BCUT2D eigenvalue weighted by molar-refractivity contribution is -0.120. The fraction of sp³-hybridized carbons (Fsp3) is 0.406. The molecule has 2 aliphatic rings. The number of hydrogen-bond donors (Lipinski definition) is 2. The highest BCUT2D eigenvalue weighted by atomic mass is 16.5. The Morgan fingerprint density at radius 1 is 0.930 bits per heavy atom. The van der Waals surface area contributed by atoms with Gasteiger partial charge in [0.1, 0.15) is 11.4 Å². The van der Waals surface area contributed by atoms with Crippen molar-refractivity contribution >= 4 is 35.0 Å². The van der Waals surface area contributed by atoms with E-state index in [1.54, 1.807) is 41.2 Å². The maximum atomic E-state index is 14.0. The second-order valence-corrected chi connectivity index (χ2v) is 10.8. The molecule has 0 spiro atoms. The predicted octanol–water partition coefficient (Wildman–Crippen LogP) is 3.64. The van der Waals surface area contributed by atoms with Crippen LogP contribution in [0.5, 0.6) is 5.75 Å². The van der Waals surface area contributed by atoms with Crippen molar-refractivity contribution in [2.45, 2.75) is 57.9 Å². The van der Waals surface area contributed by atoms with Gasteiger partial charge in [-0.3, -0.25) is 24.5 Å². The van der Waals surface area contributed by atoms with E-state index in [-0.39, 0.29) is 41.6 Å². The average molecular weight is 587 g/mol. The molecule has 2 aromatic carbocycles. The molecule has 0 saturated carbocycles. The number of anilines is 2. The third-order valence-electron chi connectivity index (χ3n) is 8.22. The van der Waals surface area contributed by atoms with Crippen LogP contribution >= 0.6 is 0 Å². The first-order valence-electron chi connectivity index (χ1n) is 14.8. The molecule has 11 nitrogen and oxygen atoms in total. The summed E-state index contributed by atoms with van der Waals surface area (Å²) < 4.78 is 6.75. The minimum atomic E-state index is -0.622. The third kappa shape index (κ3) is 6.31. The van der Waals surface area contributed by atoms with E-state index in [4.69, 9.17) is 4.74 Å². The molecular formula is C32H38N6O5. The molecule has 226 valence electrons. The number of carbonyl (C=O) groups is 4. The third-order valence-corrected chi connectivity index (χ3v) is 8.22. The van der Waals surface area contributed by atoms with E-state index in [9.17, 15) is 19.2 Å². The number of piperidine rings is 1. The molecule has 4 amide bonds.